The van der Waals surface area contributed by atoms with Gasteiger partial charge in [-0.1, -0.05) is 42.4 Å². The van der Waals surface area contributed by atoms with Gasteiger partial charge in [-0.25, -0.2) is 0 Å². The maximum absolute atomic E-state index is 5.90. The van der Waals surface area contributed by atoms with E-state index in [2.05, 4.69) is 12.1 Å². The predicted molar refractivity (Wildman–Crippen MR) is 67.5 cm³/mol. The summed E-state index contributed by atoms with van der Waals surface area (Å²) in [6.07, 6.45) is 2.59. The molecule has 0 spiro atoms. The number of nitrogens with zero attached hydrogens (tertiary/aromatic N) is 1. The molecule has 1 unspecified atom stereocenters. The Kier molecular flexibility index (Phi) is 2.39. The molecule has 2 aromatic rings. The highest BCUT2D eigenvalue weighted by atomic mass is 16.5. The molecule has 0 amide bonds. The first-order valence-corrected chi connectivity index (χ1v) is 6.08. The van der Waals surface area contributed by atoms with E-state index in [1.54, 1.807) is 0 Å². The van der Waals surface area contributed by atoms with Crippen molar-refractivity contribution in [3.05, 3.63) is 36.0 Å². The Morgan fingerprint density at radius 2 is 2.00 bits per heavy atom. The zero-order valence-electron chi connectivity index (χ0n) is 9.89. The number of nitrogen functional groups attached to an aromatic ring is 1. The van der Waals surface area contributed by atoms with Crippen molar-refractivity contribution in [1.82, 2.24) is 5.16 Å². The van der Waals surface area contributed by atoms with Gasteiger partial charge in [0.2, 0.25) is 5.88 Å². The summed E-state index contributed by atoms with van der Waals surface area (Å²) in [6, 6.07) is 10.1. The normalized spacial score (nSPS) is 17.0. The maximum atomic E-state index is 5.90. The molecule has 0 saturated heterocycles. The van der Waals surface area contributed by atoms with Crippen LogP contribution < -0.4 is 5.73 Å². The van der Waals surface area contributed by atoms with Crippen molar-refractivity contribution in [1.29, 1.82) is 0 Å². The first-order chi connectivity index (χ1) is 8.27. The molecule has 3 nitrogen and oxygen atoms in total. The Labute approximate surface area is 101 Å². The summed E-state index contributed by atoms with van der Waals surface area (Å²) in [4.78, 5) is 0. The lowest BCUT2D eigenvalue weighted by atomic mass is 9.95. The fourth-order valence-electron chi connectivity index (χ4n) is 2.34. The van der Waals surface area contributed by atoms with Crippen LogP contribution in [0.3, 0.4) is 0 Å². The number of benzene rings is 1. The van der Waals surface area contributed by atoms with E-state index in [0.717, 1.165) is 22.7 Å². The summed E-state index contributed by atoms with van der Waals surface area (Å²) >= 11 is 0. The Morgan fingerprint density at radius 1 is 1.29 bits per heavy atom. The van der Waals surface area contributed by atoms with Gasteiger partial charge in [0.05, 0.1) is 11.3 Å². The molecule has 1 atom stereocenters. The molecule has 3 rings (SSSR count). The Morgan fingerprint density at radius 3 is 2.65 bits per heavy atom. The zero-order valence-corrected chi connectivity index (χ0v) is 9.89. The molecular weight excluding hydrogens is 212 g/mol. The molecule has 17 heavy (non-hydrogen) atoms. The highest BCUT2D eigenvalue weighted by Crippen LogP contribution is 2.45. The summed E-state index contributed by atoms with van der Waals surface area (Å²) in [5.41, 5.74) is 8.98. The second-order valence-corrected chi connectivity index (χ2v) is 4.80. The summed E-state index contributed by atoms with van der Waals surface area (Å²) in [5.74, 6) is 1.62. The third kappa shape index (κ3) is 1.82. The molecule has 1 aromatic carbocycles. The summed E-state index contributed by atoms with van der Waals surface area (Å²) in [6.45, 7) is 2.21. The van der Waals surface area contributed by atoms with E-state index >= 15 is 0 Å². The van der Waals surface area contributed by atoms with E-state index in [1.807, 2.05) is 30.3 Å². The first kappa shape index (κ1) is 10.4. The average Bonchev–Trinajstić information content (AvgIpc) is 3.13. The Bertz CT molecular complexity index is 514. The largest absolute Gasteiger partial charge is 0.367 e. The fraction of sp³-hybridized carbons (Fsp3) is 0.357. The number of hydrogen-bond acceptors (Lipinski definition) is 3. The van der Waals surface area contributed by atoms with Crippen molar-refractivity contribution in [3.8, 4) is 11.1 Å². The van der Waals surface area contributed by atoms with Crippen LogP contribution in [0, 0.1) is 5.92 Å². The maximum Gasteiger partial charge on any atom is 0.230 e. The second kappa shape index (κ2) is 3.91. The minimum atomic E-state index is 0.429. The molecule has 1 heterocycles. The van der Waals surface area contributed by atoms with Gasteiger partial charge in [-0.15, -0.1) is 0 Å². The summed E-state index contributed by atoms with van der Waals surface area (Å²) in [5, 5.41) is 4.15. The van der Waals surface area contributed by atoms with Crippen LogP contribution in [0.15, 0.2) is 34.9 Å². The average molecular weight is 228 g/mol. The van der Waals surface area contributed by atoms with Crippen LogP contribution in [-0.4, -0.2) is 5.16 Å². The SMILES string of the molecule is CC(c1noc(N)c1-c1ccccc1)C1CC1. The molecule has 1 aliphatic carbocycles. The van der Waals surface area contributed by atoms with E-state index in [4.69, 9.17) is 10.3 Å². The molecule has 1 saturated carbocycles. The Hall–Kier alpha value is -1.77. The lowest BCUT2D eigenvalue weighted by molar-refractivity contribution is 0.417. The number of rotatable bonds is 3. The lowest BCUT2D eigenvalue weighted by Gasteiger charge is -2.08. The van der Waals surface area contributed by atoms with Crippen LogP contribution >= 0.6 is 0 Å². The lowest BCUT2D eigenvalue weighted by Crippen LogP contribution is -1.99. The van der Waals surface area contributed by atoms with Crippen molar-refractivity contribution in [2.24, 2.45) is 5.92 Å². The minimum absolute atomic E-state index is 0.429. The van der Waals surface area contributed by atoms with Crippen LogP contribution in [-0.2, 0) is 0 Å². The van der Waals surface area contributed by atoms with E-state index in [-0.39, 0.29) is 0 Å². The first-order valence-electron chi connectivity index (χ1n) is 6.08. The standard InChI is InChI=1S/C14H16N2O/c1-9(10-7-8-10)13-12(14(15)17-16-13)11-5-3-2-4-6-11/h2-6,9-10H,7-8,15H2,1H3. The quantitative estimate of drug-likeness (QED) is 0.875. The van der Waals surface area contributed by atoms with Gasteiger partial charge in [0.15, 0.2) is 0 Å². The molecule has 1 aliphatic rings. The van der Waals surface area contributed by atoms with Gasteiger partial charge in [0.1, 0.15) is 0 Å². The molecule has 3 heteroatoms. The molecule has 0 bridgehead atoms. The molecule has 1 fully saturated rings. The van der Waals surface area contributed by atoms with Crippen LogP contribution in [0.4, 0.5) is 5.88 Å². The smallest absolute Gasteiger partial charge is 0.230 e. The van der Waals surface area contributed by atoms with Crippen LogP contribution in [0.5, 0.6) is 0 Å². The highest BCUT2D eigenvalue weighted by Gasteiger charge is 2.33. The highest BCUT2D eigenvalue weighted by molar-refractivity contribution is 5.75. The van der Waals surface area contributed by atoms with Crippen molar-refractivity contribution in [2.45, 2.75) is 25.7 Å². The number of aromatic nitrogens is 1. The molecule has 0 radical (unpaired) electrons. The van der Waals surface area contributed by atoms with Gasteiger partial charge in [-0.05, 0) is 24.3 Å². The molecule has 0 aliphatic heterocycles. The van der Waals surface area contributed by atoms with Crippen molar-refractivity contribution in [2.75, 3.05) is 5.73 Å². The molecular formula is C14H16N2O. The molecule has 1 aromatic heterocycles. The van der Waals surface area contributed by atoms with E-state index in [1.165, 1.54) is 12.8 Å². The van der Waals surface area contributed by atoms with Gasteiger partial charge in [0.25, 0.3) is 0 Å². The van der Waals surface area contributed by atoms with Gasteiger partial charge in [0, 0.05) is 5.92 Å². The minimum Gasteiger partial charge on any atom is -0.367 e. The third-order valence-electron chi connectivity index (χ3n) is 3.57. The topological polar surface area (TPSA) is 52.0 Å². The van der Waals surface area contributed by atoms with Gasteiger partial charge >= 0.3 is 0 Å². The molecule has 88 valence electrons. The third-order valence-corrected chi connectivity index (χ3v) is 3.57. The van der Waals surface area contributed by atoms with Crippen LogP contribution in [0.25, 0.3) is 11.1 Å². The van der Waals surface area contributed by atoms with E-state index in [0.29, 0.717) is 11.8 Å². The molecule has 2 N–H and O–H groups in total. The summed E-state index contributed by atoms with van der Waals surface area (Å²) in [7, 11) is 0. The number of anilines is 1. The van der Waals surface area contributed by atoms with Gasteiger partial charge < -0.3 is 10.3 Å². The second-order valence-electron chi connectivity index (χ2n) is 4.80. The monoisotopic (exact) mass is 228 g/mol. The van der Waals surface area contributed by atoms with Crippen LogP contribution in [0.2, 0.25) is 0 Å². The fourth-order valence-corrected chi connectivity index (χ4v) is 2.34. The Balaban J connectivity index is 2.06. The summed E-state index contributed by atoms with van der Waals surface area (Å²) < 4.78 is 5.18. The van der Waals surface area contributed by atoms with Crippen molar-refractivity contribution in [3.63, 3.8) is 0 Å². The van der Waals surface area contributed by atoms with E-state index in [9.17, 15) is 0 Å². The van der Waals surface area contributed by atoms with Gasteiger partial charge in [-0.2, -0.15) is 0 Å². The van der Waals surface area contributed by atoms with Crippen LogP contribution in [0.1, 0.15) is 31.4 Å². The van der Waals surface area contributed by atoms with Crippen molar-refractivity contribution < 1.29 is 4.52 Å². The zero-order chi connectivity index (χ0) is 11.8. The van der Waals surface area contributed by atoms with E-state index < -0.39 is 0 Å². The number of hydrogen-bond donors (Lipinski definition) is 1. The number of nitrogens with two attached hydrogens (primary N) is 1. The van der Waals surface area contributed by atoms with Gasteiger partial charge in [-0.3, -0.25) is 0 Å². The van der Waals surface area contributed by atoms with Crippen molar-refractivity contribution >= 4 is 5.88 Å². The predicted octanol–water partition coefficient (Wildman–Crippen LogP) is 3.44.